The number of benzene rings is 1. The molecule has 0 bridgehead atoms. The summed E-state index contributed by atoms with van der Waals surface area (Å²) < 4.78 is 5.79. The molecule has 2 unspecified atom stereocenters. The number of rotatable bonds is 7. The minimum atomic E-state index is 0.0193. The number of ether oxygens (including phenoxy) is 1. The fraction of sp³-hybridized carbons (Fsp3) is 0.632. The van der Waals surface area contributed by atoms with Gasteiger partial charge in [-0.2, -0.15) is 0 Å². The first-order valence-corrected chi connectivity index (χ1v) is 9.70. The molecule has 2 saturated heterocycles. The topological polar surface area (TPSA) is 53.6 Å². The van der Waals surface area contributed by atoms with Crippen molar-refractivity contribution in [3.8, 4) is 5.75 Å². The molecule has 2 heterocycles. The van der Waals surface area contributed by atoms with Crippen molar-refractivity contribution in [1.82, 2.24) is 15.5 Å². The van der Waals surface area contributed by atoms with Crippen LogP contribution in [0.25, 0.3) is 0 Å². The molecule has 0 aliphatic carbocycles. The van der Waals surface area contributed by atoms with Crippen LogP contribution in [0, 0.1) is 5.92 Å². The number of nitrogens with zero attached hydrogens (tertiary/aromatic N) is 1. The highest BCUT2D eigenvalue weighted by atomic mass is 35.5. The van der Waals surface area contributed by atoms with Gasteiger partial charge in [-0.3, -0.25) is 9.69 Å². The quantitative estimate of drug-likeness (QED) is 0.778. The minimum Gasteiger partial charge on any atom is -0.492 e. The highest BCUT2D eigenvalue weighted by molar-refractivity contribution is 6.30. The van der Waals surface area contributed by atoms with E-state index >= 15 is 0 Å². The molecule has 1 aromatic carbocycles. The maximum Gasteiger partial charge on any atom is 0.237 e. The summed E-state index contributed by atoms with van der Waals surface area (Å²) >= 11 is 5.97. The van der Waals surface area contributed by atoms with E-state index in [0.717, 1.165) is 51.3 Å². The van der Waals surface area contributed by atoms with E-state index in [1.807, 2.05) is 24.3 Å². The molecule has 6 heteroatoms. The largest absolute Gasteiger partial charge is 0.492 e. The van der Waals surface area contributed by atoms with E-state index in [-0.39, 0.29) is 11.9 Å². The number of likely N-dealkylation sites (tertiary alicyclic amines) is 1. The summed E-state index contributed by atoms with van der Waals surface area (Å²) in [4.78, 5) is 14.5. The summed E-state index contributed by atoms with van der Waals surface area (Å²) in [7, 11) is 0. The number of piperidine rings is 1. The lowest BCUT2D eigenvalue weighted by molar-refractivity contribution is -0.123. The molecule has 2 atom stereocenters. The fourth-order valence-corrected chi connectivity index (χ4v) is 3.83. The molecule has 0 spiro atoms. The Bertz CT molecular complexity index is 563. The number of halogens is 1. The normalized spacial score (nSPS) is 24.2. The van der Waals surface area contributed by atoms with Crippen LogP contribution in [-0.2, 0) is 4.79 Å². The van der Waals surface area contributed by atoms with Gasteiger partial charge in [-0.15, -0.1) is 0 Å². The Morgan fingerprint density at radius 1 is 1.36 bits per heavy atom. The first kappa shape index (κ1) is 18.5. The molecule has 2 N–H and O–H groups in total. The van der Waals surface area contributed by atoms with Gasteiger partial charge in [0.25, 0.3) is 0 Å². The lowest BCUT2D eigenvalue weighted by Crippen LogP contribution is -2.46. The predicted molar refractivity (Wildman–Crippen MR) is 100 cm³/mol. The van der Waals surface area contributed by atoms with Crippen LogP contribution >= 0.6 is 11.6 Å². The number of amides is 1. The van der Waals surface area contributed by atoms with Gasteiger partial charge in [0.15, 0.2) is 0 Å². The van der Waals surface area contributed by atoms with Gasteiger partial charge >= 0.3 is 0 Å². The van der Waals surface area contributed by atoms with Gasteiger partial charge in [0.05, 0.1) is 6.04 Å². The zero-order valence-corrected chi connectivity index (χ0v) is 15.4. The minimum absolute atomic E-state index is 0.0193. The van der Waals surface area contributed by atoms with Gasteiger partial charge in [-0.05, 0) is 62.9 Å². The van der Waals surface area contributed by atoms with E-state index in [0.29, 0.717) is 17.5 Å². The average Bonchev–Trinajstić information content (AvgIpc) is 3.15. The summed E-state index contributed by atoms with van der Waals surface area (Å²) in [5.74, 6) is 1.52. The van der Waals surface area contributed by atoms with Crippen molar-refractivity contribution in [2.75, 3.05) is 39.3 Å². The molecular formula is C19H28ClN3O2. The molecule has 5 nitrogen and oxygen atoms in total. The lowest BCUT2D eigenvalue weighted by atomic mass is 9.98. The van der Waals surface area contributed by atoms with Crippen molar-refractivity contribution in [1.29, 1.82) is 0 Å². The van der Waals surface area contributed by atoms with Crippen LogP contribution in [-0.4, -0.2) is 56.2 Å². The first-order valence-electron chi connectivity index (χ1n) is 9.32. The molecule has 138 valence electrons. The van der Waals surface area contributed by atoms with Gasteiger partial charge in [0, 0.05) is 24.7 Å². The third kappa shape index (κ3) is 5.87. The van der Waals surface area contributed by atoms with Crippen LogP contribution in [0.2, 0.25) is 5.02 Å². The first-order chi connectivity index (χ1) is 12.2. The second kappa shape index (κ2) is 9.41. The average molecular weight is 366 g/mol. The van der Waals surface area contributed by atoms with Gasteiger partial charge in [-0.1, -0.05) is 17.7 Å². The Morgan fingerprint density at radius 2 is 2.28 bits per heavy atom. The van der Waals surface area contributed by atoms with E-state index in [2.05, 4.69) is 15.5 Å². The van der Waals surface area contributed by atoms with Crippen molar-refractivity contribution in [3.05, 3.63) is 29.3 Å². The molecule has 2 fully saturated rings. The zero-order chi connectivity index (χ0) is 17.5. The second-order valence-electron chi connectivity index (χ2n) is 7.01. The van der Waals surface area contributed by atoms with E-state index in [9.17, 15) is 4.79 Å². The molecule has 1 amide bonds. The number of hydrogen-bond donors (Lipinski definition) is 2. The van der Waals surface area contributed by atoms with E-state index in [1.165, 1.54) is 12.8 Å². The number of nitrogens with one attached hydrogen (secondary N) is 2. The Kier molecular flexibility index (Phi) is 6.96. The van der Waals surface area contributed by atoms with Crippen LogP contribution < -0.4 is 15.4 Å². The summed E-state index contributed by atoms with van der Waals surface area (Å²) in [6.45, 7) is 5.43. The van der Waals surface area contributed by atoms with Crippen molar-refractivity contribution >= 4 is 17.5 Å². The van der Waals surface area contributed by atoms with Crippen LogP contribution in [0.5, 0.6) is 5.75 Å². The predicted octanol–water partition coefficient (Wildman–Crippen LogP) is 2.30. The summed E-state index contributed by atoms with van der Waals surface area (Å²) in [6, 6.07) is 7.53. The summed E-state index contributed by atoms with van der Waals surface area (Å²) in [5.41, 5.74) is 0. The monoisotopic (exact) mass is 365 g/mol. The Balaban J connectivity index is 1.35. The van der Waals surface area contributed by atoms with Crippen LogP contribution in [0.15, 0.2) is 24.3 Å². The third-order valence-corrected chi connectivity index (χ3v) is 5.25. The number of carbonyl (C=O) groups is 1. The van der Waals surface area contributed by atoms with Gasteiger partial charge in [0.1, 0.15) is 12.4 Å². The van der Waals surface area contributed by atoms with E-state index < -0.39 is 0 Å². The molecule has 3 rings (SSSR count). The zero-order valence-electron chi connectivity index (χ0n) is 14.7. The highest BCUT2D eigenvalue weighted by Crippen LogP contribution is 2.18. The molecule has 0 aromatic heterocycles. The molecule has 2 aliphatic rings. The summed E-state index contributed by atoms with van der Waals surface area (Å²) in [5, 5.41) is 7.08. The third-order valence-electron chi connectivity index (χ3n) is 5.02. The van der Waals surface area contributed by atoms with Crippen molar-refractivity contribution in [3.63, 3.8) is 0 Å². The van der Waals surface area contributed by atoms with Crippen molar-refractivity contribution in [2.24, 2.45) is 5.92 Å². The van der Waals surface area contributed by atoms with Crippen LogP contribution in [0.1, 0.15) is 25.7 Å². The van der Waals surface area contributed by atoms with Gasteiger partial charge in [-0.25, -0.2) is 0 Å². The fourth-order valence-electron chi connectivity index (χ4n) is 3.65. The summed E-state index contributed by atoms with van der Waals surface area (Å²) in [6.07, 6.45) is 4.43. The molecule has 0 radical (unpaired) electrons. The van der Waals surface area contributed by atoms with Crippen LogP contribution in [0.3, 0.4) is 0 Å². The Labute approximate surface area is 155 Å². The SMILES string of the molecule is O=C(NCC1CCCN(CCOc2cccc(Cl)c2)C1)C1CCCN1. The molecule has 25 heavy (non-hydrogen) atoms. The number of carbonyl (C=O) groups excluding carboxylic acids is 1. The maximum atomic E-state index is 12.1. The van der Waals surface area contributed by atoms with Gasteiger partial charge in [0.2, 0.25) is 5.91 Å². The molecule has 1 aromatic rings. The highest BCUT2D eigenvalue weighted by Gasteiger charge is 2.24. The Hall–Kier alpha value is -1.30. The second-order valence-corrected chi connectivity index (χ2v) is 7.45. The Morgan fingerprint density at radius 3 is 3.08 bits per heavy atom. The van der Waals surface area contributed by atoms with Crippen molar-refractivity contribution in [2.45, 2.75) is 31.7 Å². The standard InChI is InChI=1S/C19H28ClN3O2/c20-16-5-1-6-17(12-16)25-11-10-23-9-3-4-15(14-23)13-22-19(24)18-7-2-8-21-18/h1,5-6,12,15,18,21H,2-4,7-11,13-14H2,(H,22,24). The van der Waals surface area contributed by atoms with Gasteiger partial charge < -0.3 is 15.4 Å². The van der Waals surface area contributed by atoms with Crippen molar-refractivity contribution < 1.29 is 9.53 Å². The maximum absolute atomic E-state index is 12.1. The molecule has 2 aliphatic heterocycles. The lowest BCUT2D eigenvalue weighted by Gasteiger charge is -2.32. The molecule has 0 saturated carbocycles. The van der Waals surface area contributed by atoms with E-state index in [4.69, 9.17) is 16.3 Å². The smallest absolute Gasteiger partial charge is 0.237 e. The van der Waals surface area contributed by atoms with E-state index in [1.54, 1.807) is 0 Å². The molecular weight excluding hydrogens is 338 g/mol. The number of hydrogen-bond acceptors (Lipinski definition) is 4. The van der Waals surface area contributed by atoms with Crippen LogP contribution in [0.4, 0.5) is 0 Å².